The van der Waals surface area contributed by atoms with E-state index in [1.807, 2.05) is 91.0 Å². The van der Waals surface area contributed by atoms with Gasteiger partial charge in [-0.1, -0.05) is 78.9 Å². The second-order valence-electron chi connectivity index (χ2n) is 8.17. The lowest BCUT2D eigenvalue weighted by Gasteiger charge is -2.17. The fraction of sp³-hybridized carbons (Fsp3) is 0.0690. The van der Waals surface area contributed by atoms with Crippen LogP contribution in [0.1, 0.15) is 22.8 Å². The Hall–Kier alpha value is -5.29. The number of aromatic nitrogens is 4. The fourth-order valence-electron chi connectivity index (χ4n) is 4.16. The van der Waals surface area contributed by atoms with Gasteiger partial charge >= 0.3 is 0 Å². The number of anilines is 1. The number of nitrogens with one attached hydrogen (secondary N) is 1. The Morgan fingerprint density at radius 2 is 1.51 bits per heavy atom. The number of hydrogen-bond donors (Lipinski definition) is 1. The minimum absolute atomic E-state index is 0.0633. The average molecular weight is 487 g/mol. The summed E-state index contributed by atoms with van der Waals surface area (Å²) in [7, 11) is 0. The summed E-state index contributed by atoms with van der Waals surface area (Å²) in [6, 6.07) is 29.9. The van der Waals surface area contributed by atoms with Crippen molar-refractivity contribution in [3.63, 3.8) is 0 Å². The van der Waals surface area contributed by atoms with Crippen molar-refractivity contribution in [1.82, 2.24) is 19.6 Å². The topological polar surface area (TPSA) is 106 Å². The summed E-state index contributed by atoms with van der Waals surface area (Å²) in [5.41, 5.74) is 2.62. The molecule has 0 radical (unpaired) electrons. The molecule has 37 heavy (non-hydrogen) atoms. The van der Waals surface area contributed by atoms with Crippen molar-refractivity contribution in [2.45, 2.75) is 13.5 Å². The highest BCUT2D eigenvalue weighted by Crippen LogP contribution is 2.32. The summed E-state index contributed by atoms with van der Waals surface area (Å²) >= 11 is 0. The Morgan fingerprint density at radius 3 is 2.11 bits per heavy atom. The van der Waals surface area contributed by atoms with E-state index in [2.05, 4.69) is 21.6 Å². The van der Waals surface area contributed by atoms with Gasteiger partial charge in [-0.3, -0.25) is 9.59 Å². The zero-order valence-electron chi connectivity index (χ0n) is 20.0. The second-order valence-corrected chi connectivity index (χ2v) is 8.17. The number of aryl methyl sites for hydroxylation is 1. The Kier molecular flexibility index (Phi) is 6.43. The van der Waals surface area contributed by atoms with Gasteiger partial charge in [-0.25, -0.2) is 9.36 Å². The van der Waals surface area contributed by atoms with Crippen molar-refractivity contribution in [2.75, 3.05) is 5.32 Å². The van der Waals surface area contributed by atoms with Gasteiger partial charge in [0.1, 0.15) is 17.2 Å². The highest BCUT2D eigenvalue weighted by Gasteiger charge is 2.26. The quantitative estimate of drug-likeness (QED) is 0.367. The van der Waals surface area contributed by atoms with Gasteiger partial charge in [-0.05, 0) is 24.6 Å². The molecule has 0 aliphatic carbocycles. The van der Waals surface area contributed by atoms with Crippen LogP contribution in [0.25, 0.3) is 28.1 Å². The predicted molar refractivity (Wildman–Crippen MR) is 141 cm³/mol. The summed E-state index contributed by atoms with van der Waals surface area (Å²) in [6.07, 6.45) is 1.38. The summed E-state index contributed by atoms with van der Waals surface area (Å²) in [6.45, 7) is 2.07. The van der Waals surface area contributed by atoms with Gasteiger partial charge in [0.15, 0.2) is 5.82 Å². The molecule has 0 spiro atoms. The van der Waals surface area contributed by atoms with E-state index in [0.717, 1.165) is 5.56 Å². The number of hydrogen-bond acceptors (Lipinski definition) is 5. The Morgan fingerprint density at radius 1 is 0.919 bits per heavy atom. The normalized spacial score (nSPS) is 10.6. The molecule has 3 aromatic carbocycles. The zero-order chi connectivity index (χ0) is 25.8. The molecule has 1 amide bonds. The van der Waals surface area contributed by atoms with Crippen LogP contribution < -0.4 is 10.9 Å². The molecule has 8 heteroatoms. The van der Waals surface area contributed by atoms with E-state index < -0.39 is 11.5 Å². The van der Waals surface area contributed by atoms with Gasteiger partial charge in [-0.15, -0.1) is 0 Å². The van der Waals surface area contributed by atoms with Crippen LogP contribution in [0.2, 0.25) is 0 Å². The minimum Gasteiger partial charge on any atom is -0.305 e. The largest absolute Gasteiger partial charge is 0.305 e. The Balaban J connectivity index is 1.74. The molecule has 5 aromatic rings. The third kappa shape index (κ3) is 4.42. The van der Waals surface area contributed by atoms with Crippen LogP contribution >= 0.6 is 0 Å². The molecule has 0 bridgehead atoms. The number of para-hydroxylation sites is 1. The van der Waals surface area contributed by atoms with Gasteiger partial charge in [0, 0.05) is 17.7 Å². The molecule has 0 aliphatic rings. The average Bonchev–Trinajstić information content (AvgIpc) is 3.36. The predicted octanol–water partition coefficient (Wildman–Crippen LogP) is 4.91. The van der Waals surface area contributed by atoms with Crippen LogP contribution in [-0.4, -0.2) is 25.5 Å². The van der Waals surface area contributed by atoms with E-state index in [1.54, 1.807) is 6.92 Å². The highest BCUT2D eigenvalue weighted by atomic mass is 16.2. The molecule has 1 N–H and O–H groups in total. The molecule has 2 heterocycles. The van der Waals surface area contributed by atoms with Crippen LogP contribution in [0.5, 0.6) is 0 Å². The van der Waals surface area contributed by atoms with E-state index in [9.17, 15) is 14.9 Å². The van der Waals surface area contributed by atoms with Crippen LogP contribution in [0.15, 0.2) is 102 Å². The molecule has 2 aromatic heterocycles. The lowest BCUT2D eigenvalue weighted by molar-refractivity contribution is 0.102. The van der Waals surface area contributed by atoms with E-state index in [-0.39, 0.29) is 23.5 Å². The SMILES string of the molecule is CCn1nc(-c2ccccc2)c(-c2ccccc2)c(C(=O)Nc2c(C#N)cnn2-c2ccccc2)c1=O. The number of carbonyl (C=O) groups is 1. The van der Waals surface area contributed by atoms with E-state index >= 15 is 0 Å². The van der Waals surface area contributed by atoms with Crippen molar-refractivity contribution in [3.05, 3.63) is 119 Å². The summed E-state index contributed by atoms with van der Waals surface area (Å²) < 4.78 is 2.75. The van der Waals surface area contributed by atoms with Crippen molar-refractivity contribution >= 4 is 11.7 Å². The van der Waals surface area contributed by atoms with E-state index in [0.29, 0.717) is 22.5 Å². The highest BCUT2D eigenvalue weighted by molar-refractivity contribution is 6.10. The molecule has 8 nitrogen and oxygen atoms in total. The Bertz CT molecular complexity index is 1670. The number of rotatable bonds is 6. The third-order valence-electron chi connectivity index (χ3n) is 5.91. The van der Waals surface area contributed by atoms with Crippen LogP contribution in [0.3, 0.4) is 0 Å². The number of amides is 1. The van der Waals surface area contributed by atoms with Crippen molar-refractivity contribution in [1.29, 1.82) is 5.26 Å². The number of carbonyl (C=O) groups excluding carboxylic acids is 1. The molecule has 0 fully saturated rings. The number of nitriles is 1. The van der Waals surface area contributed by atoms with Gasteiger partial charge in [0.05, 0.1) is 17.6 Å². The lowest BCUT2D eigenvalue weighted by Crippen LogP contribution is -2.33. The standard InChI is InChI=1S/C29H22N6O2/c1-2-34-29(37)25(24(20-12-6-3-7-13-20)26(33-34)21-14-8-4-9-15-21)28(36)32-27-22(18-30)19-31-35(27)23-16-10-5-11-17-23/h3-17,19H,2H2,1H3,(H,32,36). The maximum atomic E-state index is 13.9. The van der Waals surface area contributed by atoms with Gasteiger partial charge < -0.3 is 5.32 Å². The number of benzene rings is 3. The summed E-state index contributed by atoms with van der Waals surface area (Å²) in [4.78, 5) is 27.5. The lowest BCUT2D eigenvalue weighted by atomic mass is 9.95. The smallest absolute Gasteiger partial charge is 0.280 e. The van der Waals surface area contributed by atoms with E-state index in [1.165, 1.54) is 15.6 Å². The van der Waals surface area contributed by atoms with Gasteiger partial charge in [-0.2, -0.15) is 15.5 Å². The molecule has 0 aliphatic heterocycles. The molecular formula is C29H22N6O2. The summed E-state index contributed by atoms with van der Waals surface area (Å²) in [5.74, 6) is -0.474. The summed E-state index contributed by atoms with van der Waals surface area (Å²) in [5, 5.41) is 21.4. The first-order valence-corrected chi connectivity index (χ1v) is 11.7. The second kappa shape index (κ2) is 10.1. The van der Waals surface area contributed by atoms with Crippen LogP contribution in [0.4, 0.5) is 5.82 Å². The molecule has 0 unspecified atom stereocenters. The molecule has 180 valence electrons. The van der Waals surface area contributed by atoms with Crippen LogP contribution in [0, 0.1) is 11.3 Å². The first-order valence-electron chi connectivity index (χ1n) is 11.7. The molecule has 5 rings (SSSR count). The first kappa shape index (κ1) is 23.5. The molecule has 0 saturated heterocycles. The van der Waals surface area contributed by atoms with Crippen LogP contribution in [-0.2, 0) is 6.54 Å². The molecule has 0 saturated carbocycles. The minimum atomic E-state index is -0.653. The fourth-order valence-corrected chi connectivity index (χ4v) is 4.16. The molecular weight excluding hydrogens is 464 g/mol. The third-order valence-corrected chi connectivity index (χ3v) is 5.91. The first-order chi connectivity index (χ1) is 18.1. The van der Waals surface area contributed by atoms with E-state index in [4.69, 9.17) is 0 Å². The van der Waals surface area contributed by atoms with Crippen molar-refractivity contribution < 1.29 is 4.79 Å². The monoisotopic (exact) mass is 486 g/mol. The number of nitrogens with zero attached hydrogens (tertiary/aromatic N) is 5. The van der Waals surface area contributed by atoms with Gasteiger partial charge in [0.2, 0.25) is 0 Å². The van der Waals surface area contributed by atoms with Crippen molar-refractivity contribution in [2.24, 2.45) is 0 Å². The maximum absolute atomic E-state index is 13.9. The zero-order valence-corrected chi connectivity index (χ0v) is 20.0. The van der Waals surface area contributed by atoms with Crippen molar-refractivity contribution in [3.8, 4) is 34.1 Å². The Labute approximate surface area is 213 Å². The van der Waals surface area contributed by atoms with Gasteiger partial charge in [0.25, 0.3) is 11.5 Å². The molecule has 0 atom stereocenters. The maximum Gasteiger partial charge on any atom is 0.280 e.